The Hall–Kier alpha value is -3.91. The molecule has 0 aromatic heterocycles. The van der Waals surface area contributed by atoms with E-state index in [0.29, 0.717) is 6.42 Å². The fourth-order valence-electron chi connectivity index (χ4n) is 4.13. The number of carboxylic acids is 1. The Morgan fingerprint density at radius 3 is 2.33 bits per heavy atom. The minimum Gasteiger partial charge on any atom is -0.481 e. The number of hydrogen-bond donors (Lipinski definition) is 4. The highest BCUT2D eigenvalue weighted by molar-refractivity contribution is 7.89. The van der Waals surface area contributed by atoms with E-state index in [-0.39, 0.29) is 69.4 Å². The summed E-state index contributed by atoms with van der Waals surface area (Å²) in [5.74, 6) is -1.48. The zero-order valence-electron chi connectivity index (χ0n) is 21.5. The molecular weight excluding hydrogens is 528 g/mol. The number of piperazine rings is 1. The monoisotopic (exact) mass is 562 g/mol. The number of carbonyl (C=O) groups is 3. The lowest BCUT2D eigenvalue weighted by Crippen LogP contribution is -2.55. The van der Waals surface area contributed by atoms with Gasteiger partial charge in [0, 0.05) is 39.1 Å². The number of carbonyl (C=O) groups excluding carboxylic acids is 2. The number of sulfonamides is 1. The van der Waals surface area contributed by atoms with Crippen LogP contribution in [-0.2, 0) is 24.3 Å². The van der Waals surface area contributed by atoms with Crippen molar-refractivity contribution in [3.8, 4) is 0 Å². The van der Waals surface area contributed by atoms with Crippen molar-refractivity contribution in [2.45, 2.75) is 36.6 Å². The molecule has 0 spiro atoms. The van der Waals surface area contributed by atoms with Gasteiger partial charge < -0.3 is 31.1 Å². The van der Waals surface area contributed by atoms with Crippen LogP contribution in [0.4, 0.5) is 4.79 Å². The highest BCUT2D eigenvalue weighted by Gasteiger charge is 2.32. The second kappa shape index (κ2) is 13.8. The van der Waals surface area contributed by atoms with E-state index in [1.54, 1.807) is 12.1 Å². The molecule has 1 saturated heterocycles. The third-order valence-corrected chi connectivity index (χ3v) is 7.65. The van der Waals surface area contributed by atoms with E-state index < -0.39 is 34.0 Å². The summed E-state index contributed by atoms with van der Waals surface area (Å²) in [5.41, 5.74) is 10.7. The van der Waals surface area contributed by atoms with Gasteiger partial charge in [0.25, 0.3) is 0 Å². The summed E-state index contributed by atoms with van der Waals surface area (Å²) in [5, 5.41) is 10.3. The molecule has 39 heavy (non-hydrogen) atoms. The molecule has 0 unspecified atom stereocenters. The van der Waals surface area contributed by atoms with Crippen molar-refractivity contribution in [1.29, 1.82) is 0 Å². The fraction of sp³-hybridized carbons (Fsp3) is 0.440. The quantitative estimate of drug-likeness (QED) is 0.163. The average molecular weight is 563 g/mol. The van der Waals surface area contributed by atoms with E-state index in [1.165, 1.54) is 15.9 Å². The van der Waals surface area contributed by atoms with Crippen molar-refractivity contribution >= 4 is 44.7 Å². The van der Waals surface area contributed by atoms with E-state index in [2.05, 4.69) is 9.71 Å². The van der Waals surface area contributed by atoms with Crippen LogP contribution in [0.15, 0.2) is 52.4 Å². The lowest BCUT2D eigenvalue weighted by molar-refractivity contribution is -0.137. The zero-order chi connectivity index (χ0) is 28.4. The van der Waals surface area contributed by atoms with Crippen molar-refractivity contribution in [3.63, 3.8) is 0 Å². The minimum absolute atomic E-state index is 0.0152. The van der Waals surface area contributed by atoms with E-state index in [4.69, 9.17) is 21.3 Å². The SMILES string of the molecule is NC(N)=NCCC[C@H](NS(=O)(=O)c1ccc2ccccc2c1)C(=O)N1CCN(C(=O)OCCCC(=O)O)CC1. The first-order valence-electron chi connectivity index (χ1n) is 12.6. The number of hydrogen-bond acceptors (Lipinski definition) is 7. The Balaban J connectivity index is 1.65. The van der Waals surface area contributed by atoms with Crippen LogP contribution in [0.25, 0.3) is 10.8 Å². The first kappa shape index (κ1) is 29.6. The van der Waals surface area contributed by atoms with Crippen LogP contribution in [-0.4, -0.2) is 92.6 Å². The maximum absolute atomic E-state index is 13.4. The number of rotatable bonds is 12. The predicted octanol–water partition coefficient (Wildman–Crippen LogP) is 0.686. The Bertz CT molecular complexity index is 1300. The van der Waals surface area contributed by atoms with Crippen molar-refractivity contribution < 1.29 is 32.6 Å². The Morgan fingerprint density at radius 2 is 1.67 bits per heavy atom. The zero-order valence-corrected chi connectivity index (χ0v) is 22.3. The van der Waals surface area contributed by atoms with Crippen LogP contribution in [0.1, 0.15) is 25.7 Å². The molecule has 1 fully saturated rings. The number of benzene rings is 2. The highest BCUT2D eigenvalue weighted by Crippen LogP contribution is 2.20. The highest BCUT2D eigenvalue weighted by atomic mass is 32.2. The summed E-state index contributed by atoms with van der Waals surface area (Å²) in [6.07, 6.45) is 0.0392. The number of nitrogens with one attached hydrogen (secondary N) is 1. The number of carboxylic acid groups (broad SMARTS) is 1. The first-order valence-corrected chi connectivity index (χ1v) is 14.0. The van der Waals surface area contributed by atoms with Gasteiger partial charge in [-0.3, -0.25) is 14.6 Å². The van der Waals surface area contributed by atoms with Gasteiger partial charge in [-0.05, 0) is 42.2 Å². The molecular formula is C25H34N6O7S. The smallest absolute Gasteiger partial charge is 0.409 e. The summed E-state index contributed by atoms with van der Waals surface area (Å²) >= 11 is 0. The molecule has 1 aliphatic rings. The number of nitrogens with zero attached hydrogens (tertiary/aromatic N) is 3. The molecule has 212 valence electrons. The second-order valence-corrected chi connectivity index (χ2v) is 10.8. The van der Waals surface area contributed by atoms with Crippen LogP contribution in [0.3, 0.4) is 0 Å². The minimum atomic E-state index is -4.04. The maximum Gasteiger partial charge on any atom is 0.409 e. The van der Waals surface area contributed by atoms with Gasteiger partial charge in [0.1, 0.15) is 6.04 Å². The van der Waals surface area contributed by atoms with Crippen molar-refractivity contribution in [2.75, 3.05) is 39.3 Å². The summed E-state index contributed by atoms with van der Waals surface area (Å²) in [6.45, 7) is 0.976. The Labute approximate surface area is 226 Å². The van der Waals surface area contributed by atoms with Crippen molar-refractivity contribution in [2.24, 2.45) is 16.5 Å². The number of ether oxygens (including phenoxy) is 1. The molecule has 2 amide bonds. The average Bonchev–Trinajstić information content (AvgIpc) is 2.91. The molecule has 3 rings (SSSR count). The third kappa shape index (κ3) is 8.82. The topological polar surface area (TPSA) is 198 Å². The summed E-state index contributed by atoms with van der Waals surface area (Å²) in [7, 11) is -4.04. The normalized spacial score (nSPS) is 14.6. The van der Waals surface area contributed by atoms with Gasteiger partial charge >= 0.3 is 12.1 Å². The van der Waals surface area contributed by atoms with Gasteiger partial charge in [0.15, 0.2) is 5.96 Å². The van der Waals surface area contributed by atoms with Gasteiger partial charge in [-0.2, -0.15) is 4.72 Å². The fourth-order valence-corrected chi connectivity index (χ4v) is 5.39. The number of amides is 2. The van der Waals surface area contributed by atoms with E-state index in [9.17, 15) is 22.8 Å². The van der Waals surface area contributed by atoms with E-state index >= 15 is 0 Å². The lowest BCUT2D eigenvalue weighted by Gasteiger charge is -2.36. The lowest BCUT2D eigenvalue weighted by atomic mass is 10.1. The number of aliphatic imine (C=N–C) groups is 1. The van der Waals surface area contributed by atoms with Gasteiger partial charge in [-0.25, -0.2) is 13.2 Å². The summed E-state index contributed by atoms with van der Waals surface area (Å²) in [4.78, 5) is 43.1. The molecule has 1 atom stereocenters. The molecule has 0 radical (unpaired) electrons. The van der Waals surface area contributed by atoms with Crippen LogP contribution in [0.2, 0.25) is 0 Å². The molecule has 6 N–H and O–H groups in total. The van der Waals surface area contributed by atoms with Crippen molar-refractivity contribution in [3.05, 3.63) is 42.5 Å². The maximum atomic E-state index is 13.4. The molecule has 0 aliphatic carbocycles. The van der Waals surface area contributed by atoms with Gasteiger partial charge in [-0.15, -0.1) is 0 Å². The second-order valence-electron chi connectivity index (χ2n) is 9.06. The van der Waals surface area contributed by atoms with E-state index in [1.807, 2.05) is 24.3 Å². The number of aliphatic carboxylic acids is 1. The molecule has 2 aromatic rings. The van der Waals surface area contributed by atoms with Gasteiger partial charge in [-0.1, -0.05) is 30.3 Å². The van der Waals surface area contributed by atoms with E-state index in [0.717, 1.165) is 10.8 Å². The number of fused-ring (bicyclic) bond motifs is 1. The molecule has 1 aliphatic heterocycles. The molecule has 13 nitrogen and oxygen atoms in total. The first-order chi connectivity index (χ1) is 18.6. The molecule has 0 bridgehead atoms. The number of guanidine groups is 1. The Morgan fingerprint density at radius 1 is 1.00 bits per heavy atom. The summed E-state index contributed by atoms with van der Waals surface area (Å²) in [6, 6.07) is 11.0. The van der Waals surface area contributed by atoms with Crippen molar-refractivity contribution in [1.82, 2.24) is 14.5 Å². The molecule has 14 heteroatoms. The standard InChI is InChI=1S/C25H34N6O7S/c26-24(27)28-11-3-7-21(29-39(36,37)20-10-9-18-5-1-2-6-19(18)17-20)23(34)30-12-14-31(15-13-30)25(35)38-16-4-8-22(32)33/h1-2,5-6,9-10,17,21,29H,3-4,7-8,11-16H2,(H,32,33)(H4,26,27,28)/t21-/m0/s1. The van der Waals surface area contributed by atoms with Gasteiger partial charge in [0.2, 0.25) is 15.9 Å². The molecule has 1 heterocycles. The number of nitrogens with two attached hydrogens (primary N) is 2. The van der Waals surface area contributed by atoms with Crippen LogP contribution >= 0.6 is 0 Å². The third-order valence-electron chi connectivity index (χ3n) is 6.18. The van der Waals surface area contributed by atoms with Crippen LogP contribution in [0.5, 0.6) is 0 Å². The van der Waals surface area contributed by atoms with Crippen LogP contribution < -0.4 is 16.2 Å². The van der Waals surface area contributed by atoms with Gasteiger partial charge in [0.05, 0.1) is 11.5 Å². The van der Waals surface area contributed by atoms with Crippen LogP contribution in [0, 0.1) is 0 Å². The summed E-state index contributed by atoms with van der Waals surface area (Å²) < 4.78 is 34.2. The largest absolute Gasteiger partial charge is 0.481 e. The molecule has 0 saturated carbocycles. The predicted molar refractivity (Wildman–Crippen MR) is 144 cm³/mol. The Kier molecular flexibility index (Phi) is 10.5. The molecule has 2 aromatic carbocycles.